The van der Waals surface area contributed by atoms with Gasteiger partial charge in [0.25, 0.3) is 0 Å². The van der Waals surface area contributed by atoms with Gasteiger partial charge >= 0.3 is 0 Å². The molecule has 2 aromatic rings. The molecule has 0 unspecified atom stereocenters. The zero-order valence-electron chi connectivity index (χ0n) is 22.6. The number of methoxy groups -OCH3 is 1. The second kappa shape index (κ2) is 14.0. The lowest BCUT2D eigenvalue weighted by Crippen LogP contribution is -2.22. The summed E-state index contributed by atoms with van der Waals surface area (Å²) in [6.07, 6.45) is 6.20. The SMILES string of the molecule is COc1cc(/C=C/c2cc(OCC=C(C)C)cc(OC(C)C)c2)ccc1OCOCC[Si](C)(C)C. The number of ether oxygens (including phenoxy) is 5. The first-order chi connectivity index (χ1) is 16.6. The molecule has 2 aromatic carbocycles. The van der Waals surface area contributed by atoms with E-state index in [9.17, 15) is 0 Å². The van der Waals surface area contributed by atoms with E-state index in [1.807, 2.05) is 62.4 Å². The quantitative estimate of drug-likeness (QED) is 0.0878. The van der Waals surface area contributed by atoms with Gasteiger partial charge in [-0.2, -0.15) is 0 Å². The van der Waals surface area contributed by atoms with Gasteiger partial charge in [-0.3, -0.25) is 0 Å². The lowest BCUT2D eigenvalue weighted by molar-refractivity contribution is 0.0205. The molecule has 2 rings (SSSR count). The van der Waals surface area contributed by atoms with Crippen LogP contribution in [0, 0.1) is 0 Å². The molecule has 0 aromatic heterocycles. The summed E-state index contributed by atoms with van der Waals surface area (Å²) in [5.74, 6) is 2.89. The highest BCUT2D eigenvalue weighted by Crippen LogP contribution is 2.30. The van der Waals surface area contributed by atoms with Crippen molar-refractivity contribution in [3.05, 3.63) is 59.2 Å². The topological polar surface area (TPSA) is 46.2 Å². The van der Waals surface area contributed by atoms with Gasteiger partial charge in [0.2, 0.25) is 0 Å². The zero-order valence-corrected chi connectivity index (χ0v) is 23.6. The first kappa shape index (κ1) is 28.5. The van der Waals surface area contributed by atoms with Gasteiger partial charge in [-0.1, -0.05) is 43.4 Å². The van der Waals surface area contributed by atoms with Crippen LogP contribution in [0.3, 0.4) is 0 Å². The molecule has 0 aliphatic rings. The van der Waals surface area contributed by atoms with E-state index in [0.717, 1.165) is 35.3 Å². The van der Waals surface area contributed by atoms with E-state index < -0.39 is 8.07 Å². The Balaban J connectivity index is 2.10. The minimum atomic E-state index is -1.11. The molecule has 0 bridgehead atoms. The molecule has 0 saturated heterocycles. The van der Waals surface area contributed by atoms with Crippen LogP contribution in [0.15, 0.2) is 48.0 Å². The van der Waals surface area contributed by atoms with Crippen molar-refractivity contribution in [1.29, 1.82) is 0 Å². The van der Waals surface area contributed by atoms with Crippen molar-refractivity contribution in [2.24, 2.45) is 0 Å². The molecule has 0 amide bonds. The molecule has 0 aliphatic heterocycles. The first-order valence-corrected chi connectivity index (χ1v) is 15.9. The Bertz CT molecular complexity index is 985. The van der Waals surface area contributed by atoms with Crippen LogP contribution < -0.4 is 18.9 Å². The highest BCUT2D eigenvalue weighted by atomic mass is 28.3. The van der Waals surface area contributed by atoms with E-state index in [1.165, 1.54) is 5.57 Å². The maximum absolute atomic E-state index is 5.93. The Morgan fingerprint density at radius 2 is 1.60 bits per heavy atom. The standard InChI is InChI=1S/C29H42O5Si/c1-22(2)13-14-32-26-17-25(18-27(20-26)34-23(3)4)10-9-24-11-12-28(29(19-24)30-5)33-21-31-15-16-35(6,7)8/h9-13,17-20,23H,14-16,21H2,1-8H3/b10-9+. The predicted molar refractivity (Wildman–Crippen MR) is 149 cm³/mol. The van der Waals surface area contributed by atoms with E-state index in [2.05, 4.69) is 39.6 Å². The fourth-order valence-electron chi connectivity index (χ4n) is 3.06. The van der Waals surface area contributed by atoms with Gasteiger partial charge < -0.3 is 23.7 Å². The molecule has 6 heteroatoms. The molecule has 0 spiro atoms. The summed E-state index contributed by atoms with van der Waals surface area (Å²) in [5, 5.41) is 0. The summed E-state index contributed by atoms with van der Waals surface area (Å²) in [6.45, 7) is 16.6. The normalized spacial score (nSPS) is 11.6. The van der Waals surface area contributed by atoms with Crippen molar-refractivity contribution in [2.45, 2.75) is 59.5 Å². The van der Waals surface area contributed by atoms with Gasteiger partial charge in [-0.25, -0.2) is 0 Å². The van der Waals surface area contributed by atoms with Crippen molar-refractivity contribution in [3.63, 3.8) is 0 Å². The van der Waals surface area contributed by atoms with E-state index in [-0.39, 0.29) is 12.9 Å². The average molecular weight is 499 g/mol. The van der Waals surface area contributed by atoms with Gasteiger partial charge in [0, 0.05) is 20.7 Å². The monoisotopic (exact) mass is 498 g/mol. The molecule has 0 fully saturated rings. The molecule has 0 heterocycles. The third-order valence-electron chi connectivity index (χ3n) is 4.97. The van der Waals surface area contributed by atoms with Crippen molar-refractivity contribution < 1.29 is 23.7 Å². The van der Waals surface area contributed by atoms with Crippen molar-refractivity contribution >= 4 is 20.2 Å². The van der Waals surface area contributed by atoms with Gasteiger partial charge in [0.15, 0.2) is 18.3 Å². The minimum absolute atomic E-state index is 0.0798. The Hall–Kier alpha value is -2.70. The number of benzene rings is 2. The fourth-order valence-corrected chi connectivity index (χ4v) is 3.82. The molecule has 192 valence electrons. The van der Waals surface area contributed by atoms with Gasteiger partial charge in [-0.05, 0) is 75.2 Å². The highest BCUT2D eigenvalue weighted by molar-refractivity contribution is 6.76. The van der Waals surface area contributed by atoms with Crippen LogP contribution in [0.4, 0.5) is 0 Å². The van der Waals surface area contributed by atoms with E-state index in [1.54, 1.807) is 7.11 Å². The molecule has 0 radical (unpaired) electrons. The Kier molecular flexibility index (Phi) is 11.4. The largest absolute Gasteiger partial charge is 0.493 e. The molecule has 35 heavy (non-hydrogen) atoms. The van der Waals surface area contributed by atoms with E-state index in [4.69, 9.17) is 23.7 Å². The Morgan fingerprint density at radius 1 is 0.886 bits per heavy atom. The zero-order chi connectivity index (χ0) is 25.8. The average Bonchev–Trinajstić information content (AvgIpc) is 2.76. The van der Waals surface area contributed by atoms with Crippen molar-refractivity contribution in [1.82, 2.24) is 0 Å². The van der Waals surface area contributed by atoms with Crippen molar-refractivity contribution in [3.8, 4) is 23.0 Å². The molecule has 0 atom stereocenters. The number of hydrogen-bond donors (Lipinski definition) is 0. The first-order valence-electron chi connectivity index (χ1n) is 12.2. The molecule has 0 saturated carbocycles. The third kappa shape index (κ3) is 11.5. The van der Waals surface area contributed by atoms with Crippen LogP contribution >= 0.6 is 0 Å². The minimum Gasteiger partial charge on any atom is -0.493 e. The molecular formula is C29H42O5Si. The summed E-state index contributed by atoms with van der Waals surface area (Å²) >= 11 is 0. The van der Waals surface area contributed by atoms with Crippen LogP contribution in [0.1, 0.15) is 38.8 Å². The maximum atomic E-state index is 5.93. The number of hydrogen-bond acceptors (Lipinski definition) is 5. The van der Waals surface area contributed by atoms with Crippen LogP contribution in [0.5, 0.6) is 23.0 Å². The highest BCUT2D eigenvalue weighted by Gasteiger charge is 2.12. The van der Waals surface area contributed by atoms with Crippen LogP contribution in [-0.2, 0) is 4.74 Å². The van der Waals surface area contributed by atoms with Crippen LogP contribution in [0.2, 0.25) is 25.7 Å². The number of allylic oxidation sites excluding steroid dienone is 1. The smallest absolute Gasteiger partial charge is 0.189 e. The van der Waals surface area contributed by atoms with Gasteiger partial charge in [0.05, 0.1) is 13.2 Å². The maximum Gasteiger partial charge on any atom is 0.189 e. The number of rotatable bonds is 14. The van der Waals surface area contributed by atoms with E-state index in [0.29, 0.717) is 18.1 Å². The second-order valence-corrected chi connectivity index (χ2v) is 15.8. The Labute approximate surface area is 212 Å². The lowest BCUT2D eigenvalue weighted by Gasteiger charge is -2.16. The lowest BCUT2D eigenvalue weighted by atomic mass is 10.1. The van der Waals surface area contributed by atoms with E-state index >= 15 is 0 Å². The van der Waals surface area contributed by atoms with Crippen molar-refractivity contribution in [2.75, 3.05) is 27.1 Å². The molecule has 0 aliphatic carbocycles. The molecular weight excluding hydrogens is 456 g/mol. The summed E-state index contributed by atoms with van der Waals surface area (Å²) in [6, 6.07) is 12.9. The van der Waals surface area contributed by atoms with Gasteiger partial charge in [-0.15, -0.1) is 0 Å². The summed E-state index contributed by atoms with van der Waals surface area (Å²) in [5.41, 5.74) is 3.21. The fraction of sp³-hybridized carbons (Fsp3) is 0.448. The summed E-state index contributed by atoms with van der Waals surface area (Å²) in [7, 11) is 0.536. The second-order valence-electron chi connectivity index (χ2n) is 10.2. The third-order valence-corrected chi connectivity index (χ3v) is 6.67. The summed E-state index contributed by atoms with van der Waals surface area (Å²) < 4.78 is 28.8. The molecule has 0 N–H and O–H groups in total. The molecule has 5 nitrogen and oxygen atoms in total. The van der Waals surface area contributed by atoms with Crippen LogP contribution in [-0.4, -0.2) is 41.3 Å². The van der Waals surface area contributed by atoms with Crippen LogP contribution in [0.25, 0.3) is 12.2 Å². The predicted octanol–water partition coefficient (Wildman–Crippen LogP) is 7.69. The van der Waals surface area contributed by atoms with Gasteiger partial charge in [0.1, 0.15) is 18.1 Å². The summed E-state index contributed by atoms with van der Waals surface area (Å²) in [4.78, 5) is 0. The Morgan fingerprint density at radius 3 is 2.26 bits per heavy atom.